The molecule has 2 N–H and O–H groups in total. The van der Waals surface area contributed by atoms with Gasteiger partial charge in [0, 0.05) is 30.6 Å². The minimum atomic E-state index is -1.26. The highest BCUT2D eigenvalue weighted by molar-refractivity contribution is 5.95. The lowest BCUT2D eigenvalue weighted by Gasteiger charge is -2.21. The van der Waals surface area contributed by atoms with Gasteiger partial charge in [-0.05, 0) is 25.3 Å². The number of primary amides is 1. The average molecular weight is 382 g/mol. The number of carbonyl (C=O) groups is 2. The highest BCUT2D eigenvalue weighted by Crippen LogP contribution is 2.42. The van der Waals surface area contributed by atoms with Crippen molar-refractivity contribution < 1.29 is 19.1 Å². The van der Waals surface area contributed by atoms with Crippen LogP contribution in [0.15, 0.2) is 41.2 Å². The Bertz CT molecular complexity index is 988. The molecule has 7 heteroatoms. The zero-order chi connectivity index (χ0) is 19.9. The number of nitrogens with two attached hydrogens (primary N) is 1. The molecule has 0 bridgehead atoms. The number of aryl methyl sites for hydroxylation is 1. The molecule has 0 saturated heterocycles. The van der Waals surface area contributed by atoms with Gasteiger partial charge in [0.25, 0.3) is 5.91 Å². The van der Waals surface area contributed by atoms with E-state index in [0.29, 0.717) is 18.5 Å². The third-order valence-corrected chi connectivity index (χ3v) is 5.17. The summed E-state index contributed by atoms with van der Waals surface area (Å²) in [5, 5.41) is 0. The van der Waals surface area contributed by atoms with Gasteiger partial charge in [0.1, 0.15) is 6.61 Å². The highest BCUT2D eigenvalue weighted by Gasteiger charge is 2.53. The van der Waals surface area contributed by atoms with Gasteiger partial charge in [0.15, 0.2) is 17.0 Å². The summed E-state index contributed by atoms with van der Waals surface area (Å²) in [6, 6.07) is 11.0. The average Bonchev–Trinajstić information content (AvgIpc) is 3.56. The molecule has 1 aromatic carbocycles. The summed E-state index contributed by atoms with van der Waals surface area (Å²) in [7, 11) is 0. The SMILES string of the molecule is Cc1cc(=O)c(OCc2ccccc2)c(C(=O)OC2(C(N)=O)CC2)n1C1CC1. The molecule has 2 aliphatic carbocycles. The maximum absolute atomic E-state index is 13.0. The fraction of sp³-hybridized carbons (Fsp3) is 0.381. The Morgan fingerprint density at radius 1 is 1.21 bits per heavy atom. The van der Waals surface area contributed by atoms with Crippen LogP contribution in [-0.2, 0) is 16.1 Å². The molecule has 0 unspecified atom stereocenters. The predicted molar refractivity (Wildman–Crippen MR) is 101 cm³/mol. The van der Waals surface area contributed by atoms with Crippen LogP contribution in [0.2, 0.25) is 0 Å². The lowest BCUT2D eigenvalue weighted by atomic mass is 10.2. The molecule has 2 saturated carbocycles. The Kier molecular flexibility index (Phi) is 4.45. The van der Waals surface area contributed by atoms with E-state index in [1.54, 1.807) is 11.5 Å². The molecule has 146 valence electrons. The molecule has 1 amide bonds. The van der Waals surface area contributed by atoms with Crippen molar-refractivity contribution in [1.29, 1.82) is 0 Å². The van der Waals surface area contributed by atoms with Crippen molar-refractivity contribution in [2.45, 2.75) is 50.9 Å². The van der Waals surface area contributed by atoms with Gasteiger partial charge in [-0.1, -0.05) is 30.3 Å². The first-order valence-corrected chi connectivity index (χ1v) is 9.37. The number of nitrogens with zero attached hydrogens (tertiary/aromatic N) is 1. The molecule has 0 spiro atoms. The van der Waals surface area contributed by atoms with Gasteiger partial charge in [-0.25, -0.2) is 4.79 Å². The molecular weight excluding hydrogens is 360 g/mol. The first kappa shape index (κ1) is 18.3. The Hall–Kier alpha value is -3.09. The summed E-state index contributed by atoms with van der Waals surface area (Å²) < 4.78 is 13.1. The third kappa shape index (κ3) is 3.40. The van der Waals surface area contributed by atoms with Gasteiger partial charge >= 0.3 is 5.97 Å². The third-order valence-electron chi connectivity index (χ3n) is 5.17. The molecule has 4 rings (SSSR count). The lowest BCUT2D eigenvalue weighted by Crippen LogP contribution is -2.36. The van der Waals surface area contributed by atoms with Crippen LogP contribution >= 0.6 is 0 Å². The molecule has 1 aromatic heterocycles. The quantitative estimate of drug-likeness (QED) is 0.740. The van der Waals surface area contributed by atoms with Gasteiger partial charge in [0.05, 0.1) is 0 Å². The molecule has 2 fully saturated rings. The van der Waals surface area contributed by atoms with E-state index in [9.17, 15) is 14.4 Å². The number of hydrogen-bond acceptors (Lipinski definition) is 5. The van der Waals surface area contributed by atoms with Crippen LogP contribution < -0.4 is 15.9 Å². The number of pyridine rings is 1. The number of ether oxygens (including phenoxy) is 2. The van der Waals surface area contributed by atoms with E-state index in [0.717, 1.165) is 18.4 Å². The number of esters is 1. The van der Waals surface area contributed by atoms with E-state index in [4.69, 9.17) is 15.2 Å². The van der Waals surface area contributed by atoms with Gasteiger partial charge in [0.2, 0.25) is 5.43 Å². The van der Waals surface area contributed by atoms with Crippen LogP contribution in [-0.4, -0.2) is 22.0 Å². The van der Waals surface area contributed by atoms with Gasteiger partial charge in [-0.3, -0.25) is 9.59 Å². The Morgan fingerprint density at radius 2 is 1.89 bits per heavy atom. The van der Waals surface area contributed by atoms with Crippen molar-refractivity contribution in [3.8, 4) is 5.75 Å². The summed E-state index contributed by atoms with van der Waals surface area (Å²) >= 11 is 0. The van der Waals surface area contributed by atoms with E-state index >= 15 is 0 Å². The Morgan fingerprint density at radius 3 is 2.46 bits per heavy atom. The summed E-state index contributed by atoms with van der Waals surface area (Å²) in [4.78, 5) is 37.3. The van der Waals surface area contributed by atoms with E-state index in [2.05, 4.69) is 0 Å². The normalized spacial score (nSPS) is 17.0. The van der Waals surface area contributed by atoms with Crippen LogP contribution in [0.5, 0.6) is 5.75 Å². The molecule has 0 aliphatic heterocycles. The van der Waals surface area contributed by atoms with E-state index in [-0.39, 0.29) is 29.5 Å². The summed E-state index contributed by atoms with van der Waals surface area (Å²) in [6.45, 7) is 1.92. The number of rotatable bonds is 7. The van der Waals surface area contributed by atoms with Crippen LogP contribution in [0, 0.1) is 6.92 Å². The van der Waals surface area contributed by atoms with E-state index in [1.807, 2.05) is 30.3 Å². The van der Waals surface area contributed by atoms with Crippen molar-refractivity contribution in [3.63, 3.8) is 0 Å². The molecule has 0 atom stereocenters. The molecule has 28 heavy (non-hydrogen) atoms. The molecule has 1 heterocycles. The Balaban J connectivity index is 1.72. The monoisotopic (exact) mass is 382 g/mol. The summed E-state index contributed by atoms with van der Waals surface area (Å²) in [5.41, 5.74) is 5.34. The maximum Gasteiger partial charge on any atom is 0.360 e. The molecule has 7 nitrogen and oxygen atoms in total. The minimum absolute atomic E-state index is 0.0494. The molecule has 2 aliphatic rings. The summed E-state index contributed by atoms with van der Waals surface area (Å²) in [5.74, 6) is -1.46. The predicted octanol–water partition coefficient (Wildman–Crippen LogP) is 2.25. The zero-order valence-corrected chi connectivity index (χ0v) is 15.6. The topological polar surface area (TPSA) is 101 Å². The van der Waals surface area contributed by atoms with Gasteiger partial charge < -0.3 is 19.8 Å². The van der Waals surface area contributed by atoms with Crippen LogP contribution in [0.3, 0.4) is 0 Å². The van der Waals surface area contributed by atoms with E-state index < -0.39 is 17.5 Å². The first-order valence-electron chi connectivity index (χ1n) is 9.37. The Labute approximate surface area is 162 Å². The minimum Gasteiger partial charge on any atom is -0.482 e. The van der Waals surface area contributed by atoms with Crippen LogP contribution in [0.1, 0.15) is 53.5 Å². The fourth-order valence-corrected chi connectivity index (χ4v) is 3.33. The number of hydrogen-bond donors (Lipinski definition) is 1. The fourth-order valence-electron chi connectivity index (χ4n) is 3.33. The molecule has 2 aromatic rings. The van der Waals surface area contributed by atoms with Gasteiger partial charge in [-0.15, -0.1) is 0 Å². The van der Waals surface area contributed by atoms with Gasteiger partial charge in [-0.2, -0.15) is 0 Å². The first-order chi connectivity index (χ1) is 13.4. The number of amides is 1. The second-order valence-electron chi connectivity index (χ2n) is 7.45. The smallest absolute Gasteiger partial charge is 0.360 e. The van der Waals surface area contributed by atoms with Crippen molar-refractivity contribution in [2.24, 2.45) is 5.73 Å². The maximum atomic E-state index is 13.0. The highest BCUT2D eigenvalue weighted by atomic mass is 16.6. The van der Waals surface area contributed by atoms with Crippen molar-refractivity contribution in [1.82, 2.24) is 4.57 Å². The largest absolute Gasteiger partial charge is 0.482 e. The van der Waals surface area contributed by atoms with Crippen LogP contribution in [0.25, 0.3) is 0 Å². The second kappa shape index (κ2) is 6.82. The lowest BCUT2D eigenvalue weighted by molar-refractivity contribution is -0.128. The number of carbonyl (C=O) groups excluding carboxylic acids is 2. The number of benzene rings is 1. The van der Waals surface area contributed by atoms with Crippen LogP contribution in [0.4, 0.5) is 0 Å². The standard InChI is InChI=1S/C21H22N2O5/c1-13-11-16(24)18(27-12-14-5-3-2-4-6-14)17(23(13)15-7-8-15)19(25)28-21(9-10-21)20(22)26/h2-6,11,15H,7-10,12H2,1H3,(H2,22,26). The summed E-state index contributed by atoms with van der Waals surface area (Å²) in [6.07, 6.45) is 2.60. The van der Waals surface area contributed by atoms with E-state index in [1.165, 1.54) is 6.07 Å². The zero-order valence-electron chi connectivity index (χ0n) is 15.6. The second-order valence-corrected chi connectivity index (χ2v) is 7.45. The molecular formula is C21H22N2O5. The van der Waals surface area contributed by atoms with Crippen molar-refractivity contribution >= 4 is 11.9 Å². The van der Waals surface area contributed by atoms with Crippen molar-refractivity contribution in [2.75, 3.05) is 0 Å². The number of aromatic nitrogens is 1. The van der Waals surface area contributed by atoms with Crippen molar-refractivity contribution in [3.05, 3.63) is 63.6 Å². The molecule has 0 radical (unpaired) electrons.